The summed E-state index contributed by atoms with van der Waals surface area (Å²) in [5.74, 6) is 0.229. The van der Waals surface area contributed by atoms with Crippen LogP contribution in [-0.2, 0) is 4.79 Å². The predicted octanol–water partition coefficient (Wildman–Crippen LogP) is 4.68. The van der Waals surface area contributed by atoms with Crippen molar-refractivity contribution in [2.24, 2.45) is 0 Å². The molecule has 7 heteroatoms. The first-order valence-corrected chi connectivity index (χ1v) is 8.99. The van der Waals surface area contributed by atoms with E-state index in [9.17, 15) is 20.2 Å². The van der Waals surface area contributed by atoms with Crippen LogP contribution in [0.15, 0.2) is 78.9 Å². The fraction of sp³-hybridized carbons (Fsp3) is 0.0435. The van der Waals surface area contributed by atoms with Crippen LogP contribution in [-0.4, -0.2) is 17.4 Å². The summed E-state index contributed by atoms with van der Waals surface area (Å²) >= 11 is 0. The summed E-state index contributed by atoms with van der Waals surface area (Å²) in [7, 11) is 0. The van der Waals surface area contributed by atoms with Gasteiger partial charge in [-0.1, -0.05) is 42.5 Å². The molecule has 3 rings (SSSR count). The SMILES string of the molecule is N#C/C(=C/c1ccc(OCC(=O)Nc2ccccc2)cc1)c1cccc([N+](=O)[O-])c1. The van der Waals surface area contributed by atoms with E-state index < -0.39 is 4.92 Å². The van der Waals surface area contributed by atoms with Gasteiger partial charge in [-0.05, 0) is 41.5 Å². The third kappa shape index (κ3) is 5.53. The highest BCUT2D eigenvalue weighted by atomic mass is 16.6. The molecule has 1 amide bonds. The van der Waals surface area contributed by atoms with Gasteiger partial charge in [-0.15, -0.1) is 0 Å². The lowest BCUT2D eigenvalue weighted by atomic mass is 10.0. The van der Waals surface area contributed by atoms with E-state index >= 15 is 0 Å². The molecule has 0 aliphatic rings. The molecule has 0 unspecified atom stereocenters. The number of nitrogens with one attached hydrogen (secondary N) is 1. The fourth-order valence-electron chi connectivity index (χ4n) is 2.66. The number of nitriles is 1. The maximum absolute atomic E-state index is 11.9. The third-order valence-electron chi connectivity index (χ3n) is 4.11. The normalized spacial score (nSPS) is 10.7. The molecule has 0 aliphatic heterocycles. The molecule has 0 saturated carbocycles. The van der Waals surface area contributed by atoms with Crippen molar-refractivity contribution >= 4 is 28.9 Å². The zero-order valence-electron chi connectivity index (χ0n) is 15.8. The first-order valence-electron chi connectivity index (χ1n) is 8.99. The summed E-state index contributed by atoms with van der Waals surface area (Å²) in [6, 6.07) is 23.9. The second-order valence-electron chi connectivity index (χ2n) is 6.25. The molecule has 0 atom stereocenters. The van der Waals surface area contributed by atoms with E-state index in [4.69, 9.17) is 4.74 Å². The lowest BCUT2D eigenvalue weighted by Crippen LogP contribution is -2.20. The van der Waals surface area contributed by atoms with Crippen LogP contribution < -0.4 is 10.1 Å². The number of rotatable bonds is 7. The molecule has 3 aromatic rings. The van der Waals surface area contributed by atoms with Crippen molar-refractivity contribution in [2.75, 3.05) is 11.9 Å². The maximum atomic E-state index is 11.9. The molecule has 30 heavy (non-hydrogen) atoms. The third-order valence-corrected chi connectivity index (χ3v) is 4.11. The Bertz CT molecular complexity index is 1120. The molecule has 3 aromatic carbocycles. The number of ether oxygens (including phenoxy) is 1. The van der Waals surface area contributed by atoms with Crippen molar-refractivity contribution < 1.29 is 14.5 Å². The van der Waals surface area contributed by atoms with Crippen molar-refractivity contribution in [3.05, 3.63) is 100 Å². The standard InChI is InChI=1S/C23H17N3O4/c24-15-19(18-5-4-8-21(14-18)26(28)29)13-17-9-11-22(12-10-17)30-16-23(27)25-20-6-2-1-3-7-20/h1-14H,16H2,(H,25,27)/b19-13-. The summed E-state index contributed by atoms with van der Waals surface area (Å²) in [5.41, 5.74) is 2.10. The molecule has 148 valence electrons. The van der Waals surface area contributed by atoms with Crippen LogP contribution in [0.2, 0.25) is 0 Å². The minimum absolute atomic E-state index is 0.0776. The van der Waals surface area contributed by atoms with Crippen LogP contribution in [0.1, 0.15) is 11.1 Å². The summed E-state index contributed by atoms with van der Waals surface area (Å²) in [4.78, 5) is 22.4. The smallest absolute Gasteiger partial charge is 0.270 e. The second-order valence-corrected chi connectivity index (χ2v) is 6.25. The average molecular weight is 399 g/mol. The van der Waals surface area contributed by atoms with E-state index in [0.29, 0.717) is 22.6 Å². The number of nitro groups is 1. The van der Waals surface area contributed by atoms with Crippen LogP contribution in [0.3, 0.4) is 0 Å². The van der Waals surface area contributed by atoms with Crippen LogP contribution in [0.25, 0.3) is 11.6 Å². The molecular weight excluding hydrogens is 382 g/mol. The summed E-state index contributed by atoms with van der Waals surface area (Å²) < 4.78 is 5.48. The molecule has 0 spiro atoms. The Kier molecular flexibility index (Phi) is 6.54. The number of amides is 1. The number of nitrogens with zero attached hydrogens (tertiary/aromatic N) is 2. The van der Waals surface area contributed by atoms with E-state index in [2.05, 4.69) is 11.4 Å². The van der Waals surface area contributed by atoms with Crippen molar-refractivity contribution in [3.8, 4) is 11.8 Å². The average Bonchev–Trinajstić information content (AvgIpc) is 2.77. The highest BCUT2D eigenvalue weighted by Crippen LogP contribution is 2.23. The molecule has 7 nitrogen and oxygen atoms in total. The Labute approximate surface area is 173 Å². The molecule has 0 aromatic heterocycles. The predicted molar refractivity (Wildman–Crippen MR) is 114 cm³/mol. The van der Waals surface area contributed by atoms with Crippen LogP contribution in [0.4, 0.5) is 11.4 Å². The molecule has 0 fully saturated rings. The Hall–Kier alpha value is -4.44. The summed E-state index contributed by atoms with van der Waals surface area (Å²) in [6.07, 6.45) is 1.63. The van der Waals surface area contributed by atoms with Gasteiger partial charge in [0.15, 0.2) is 6.61 Å². The lowest BCUT2D eigenvalue weighted by molar-refractivity contribution is -0.384. The molecule has 0 saturated heterocycles. The Balaban J connectivity index is 1.64. The fourth-order valence-corrected chi connectivity index (χ4v) is 2.66. The van der Waals surface area contributed by atoms with E-state index in [1.807, 2.05) is 18.2 Å². The van der Waals surface area contributed by atoms with Crippen LogP contribution >= 0.6 is 0 Å². The number of hydrogen-bond donors (Lipinski definition) is 1. The highest BCUT2D eigenvalue weighted by molar-refractivity contribution is 5.92. The molecule has 0 radical (unpaired) electrons. The largest absolute Gasteiger partial charge is 0.484 e. The number of nitro benzene ring substituents is 1. The first-order chi connectivity index (χ1) is 14.5. The molecule has 0 aliphatic carbocycles. The molecule has 1 N–H and O–H groups in total. The van der Waals surface area contributed by atoms with Gasteiger partial charge in [0.2, 0.25) is 0 Å². The van der Waals surface area contributed by atoms with Gasteiger partial charge in [-0.3, -0.25) is 14.9 Å². The summed E-state index contributed by atoms with van der Waals surface area (Å²) in [5, 5.41) is 23.1. The van der Waals surface area contributed by atoms with Crippen molar-refractivity contribution in [1.82, 2.24) is 0 Å². The van der Waals surface area contributed by atoms with Gasteiger partial charge in [0, 0.05) is 17.8 Å². The number of anilines is 1. The number of para-hydroxylation sites is 1. The number of carbonyl (C=O) groups excluding carboxylic acids is 1. The maximum Gasteiger partial charge on any atom is 0.270 e. The molecule has 0 bridgehead atoms. The topological polar surface area (TPSA) is 105 Å². The summed E-state index contributed by atoms with van der Waals surface area (Å²) in [6.45, 7) is -0.138. The number of non-ortho nitro benzene ring substituents is 1. The van der Waals surface area contributed by atoms with Gasteiger partial charge in [0.1, 0.15) is 5.75 Å². The van der Waals surface area contributed by atoms with Gasteiger partial charge < -0.3 is 10.1 Å². The van der Waals surface area contributed by atoms with E-state index in [-0.39, 0.29) is 18.2 Å². The van der Waals surface area contributed by atoms with Crippen LogP contribution in [0.5, 0.6) is 5.75 Å². The Morgan fingerprint density at radius 1 is 1.07 bits per heavy atom. The minimum Gasteiger partial charge on any atom is -0.484 e. The van der Waals surface area contributed by atoms with Gasteiger partial charge in [0.25, 0.3) is 11.6 Å². The van der Waals surface area contributed by atoms with E-state index in [1.165, 1.54) is 18.2 Å². The quantitative estimate of drug-likeness (QED) is 0.269. The second kappa shape index (κ2) is 9.66. The Morgan fingerprint density at radius 3 is 2.47 bits per heavy atom. The van der Waals surface area contributed by atoms with Gasteiger partial charge in [-0.2, -0.15) is 5.26 Å². The van der Waals surface area contributed by atoms with Crippen LogP contribution in [0, 0.1) is 21.4 Å². The zero-order valence-corrected chi connectivity index (χ0v) is 15.8. The molecular formula is C23H17N3O4. The lowest BCUT2D eigenvalue weighted by Gasteiger charge is -2.08. The minimum atomic E-state index is -0.501. The van der Waals surface area contributed by atoms with Crippen molar-refractivity contribution in [3.63, 3.8) is 0 Å². The van der Waals surface area contributed by atoms with Gasteiger partial charge >= 0.3 is 0 Å². The number of allylic oxidation sites excluding steroid dienone is 1. The number of benzene rings is 3. The Morgan fingerprint density at radius 2 is 1.80 bits per heavy atom. The van der Waals surface area contributed by atoms with Crippen molar-refractivity contribution in [1.29, 1.82) is 5.26 Å². The first kappa shape index (κ1) is 20.3. The molecule has 0 heterocycles. The number of carbonyl (C=O) groups is 1. The van der Waals surface area contributed by atoms with E-state index in [1.54, 1.807) is 48.5 Å². The van der Waals surface area contributed by atoms with Crippen molar-refractivity contribution in [2.45, 2.75) is 0 Å². The highest BCUT2D eigenvalue weighted by Gasteiger charge is 2.09. The van der Waals surface area contributed by atoms with Gasteiger partial charge in [0.05, 0.1) is 16.6 Å². The van der Waals surface area contributed by atoms with E-state index in [0.717, 1.165) is 5.56 Å². The van der Waals surface area contributed by atoms with Gasteiger partial charge in [-0.25, -0.2) is 0 Å². The monoisotopic (exact) mass is 399 g/mol. The zero-order chi connectivity index (χ0) is 21.3. The number of hydrogen-bond acceptors (Lipinski definition) is 5.